The highest BCUT2D eigenvalue weighted by Gasteiger charge is 2.15. The first kappa shape index (κ1) is 16.6. The number of nitrogens with zero attached hydrogens (tertiary/aromatic N) is 1. The largest absolute Gasteiger partial charge is 0.457 e. The molecular formula is C25H19NO2. The zero-order valence-corrected chi connectivity index (χ0v) is 15.8. The van der Waals surface area contributed by atoms with Crippen LogP contribution in [-0.4, -0.2) is 4.98 Å². The van der Waals surface area contributed by atoms with Gasteiger partial charge in [-0.3, -0.25) is 0 Å². The van der Waals surface area contributed by atoms with Crippen LogP contribution >= 0.6 is 0 Å². The molecule has 0 atom stereocenters. The zero-order chi connectivity index (χ0) is 19.1. The minimum Gasteiger partial charge on any atom is -0.457 e. The lowest BCUT2D eigenvalue weighted by Gasteiger charge is -2.11. The summed E-state index contributed by atoms with van der Waals surface area (Å²) in [5.74, 6) is 2.42. The summed E-state index contributed by atoms with van der Waals surface area (Å²) in [7, 11) is 0. The molecule has 5 rings (SSSR count). The smallest absolute Gasteiger partial charge is 0.156 e. The molecular weight excluding hydrogens is 346 g/mol. The molecule has 2 heterocycles. The lowest BCUT2D eigenvalue weighted by molar-refractivity contribution is 0.488. The van der Waals surface area contributed by atoms with Crippen LogP contribution in [0.2, 0.25) is 0 Å². The van der Waals surface area contributed by atoms with Crippen molar-refractivity contribution in [1.82, 2.24) is 4.98 Å². The van der Waals surface area contributed by atoms with E-state index >= 15 is 0 Å². The summed E-state index contributed by atoms with van der Waals surface area (Å²) < 4.78 is 12.2. The second kappa shape index (κ2) is 6.54. The fourth-order valence-corrected chi connectivity index (χ4v) is 3.58. The minimum atomic E-state index is 0.798. The first-order chi connectivity index (χ1) is 13.7. The van der Waals surface area contributed by atoms with Gasteiger partial charge in [-0.05, 0) is 55.8 Å². The van der Waals surface area contributed by atoms with Gasteiger partial charge in [-0.1, -0.05) is 42.5 Å². The summed E-state index contributed by atoms with van der Waals surface area (Å²) >= 11 is 0. The van der Waals surface area contributed by atoms with E-state index in [2.05, 4.69) is 26.0 Å². The molecule has 0 unspecified atom stereocenters. The molecule has 0 aliphatic heterocycles. The van der Waals surface area contributed by atoms with Gasteiger partial charge in [0.1, 0.15) is 22.8 Å². The predicted molar refractivity (Wildman–Crippen MR) is 113 cm³/mol. The molecule has 0 N–H and O–H groups in total. The van der Waals surface area contributed by atoms with Crippen LogP contribution in [-0.2, 0) is 0 Å². The number of furan rings is 1. The Morgan fingerprint density at radius 1 is 0.750 bits per heavy atom. The van der Waals surface area contributed by atoms with Crippen LogP contribution in [0.15, 0.2) is 83.3 Å². The van der Waals surface area contributed by atoms with Gasteiger partial charge in [-0.2, -0.15) is 0 Å². The van der Waals surface area contributed by atoms with Gasteiger partial charge in [0.2, 0.25) is 0 Å². The molecule has 0 spiro atoms. The summed E-state index contributed by atoms with van der Waals surface area (Å²) in [6.45, 7) is 4.14. The molecule has 0 saturated carbocycles. The third-order valence-corrected chi connectivity index (χ3v) is 5.07. The van der Waals surface area contributed by atoms with E-state index in [1.54, 1.807) is 0 Å². The van der Waals surface area contributed by atoms with Crippen molar-refractivity contribution in [2.24, 2.45) is 0 Å². The van der Waals surface area contributed by atoms with E-state index in [-0.39, 0.29) is 0 Å². The molecule has 0 radical (unpaired) electrons. The molecule has 136 valence electrons. The molecule has 0 saturated heterocycles. The predicted octanol–water partition coefficient (Wildman–Crippen LogP) is 7.06. The number of aryl methyl sites for hydroxylation is 2. The number of pyridine rings is 1. The van der Waals surface area contributed by atoms with Gasteiger partial charge in [0.15, 0.2) is 5.76 Å². The maximum Gasteiger partial charge on any atom is 0.156 e. The molecule has 0 amide bonds. The molecule has 0 fully saturated rings. The molecule has 28 heavy (non-hydrogen) atoms. The Hall–Kier alpha value is -3.59. The van der Waals surface area contributed by atoms with Crippen molar-refractivity contribution in [2.75, 3.05) is 0 Å². The van der Waals surface area contributed by atoms with Crippen LogP contribution in [0.5, 0.6) is 11.5 Å². The second-order valence-corrected chi connectivity index (χ2v) is 6.94. The number of ether oxygens (including phenoxy) is 1. The highest BCUT2D eigenvalue weighted by molar-refractivity contribution is 5.91. The van der Waals surface area contributed by atoms with Gasteiger partial charge in [0, 0.05) is 16.3 Å². The second-order valence-electron chi connectivity index (χ2n) is 6.94. The van der Waals surface area contributed by atoms with Gasteiger partial charge in [0.05, 0.1) is 5.52 Å². The average molecular weight is 365 g/mol. The Balaban J connectivity index is 1.65. The summed E-state index contributed by atoms with van der Waals surface area (Å²) in [6, 6.07) is 26.0. The highest BCUT2D eigenvalue weighted by Crippen LogP contribution is 2.36. The van der Waals surface area contributed by atoms with Crippen LogP contribution in [0.4, 0.5) is 0 Å². The normalized spacial score (nSPS) is 11.2. The lowest BCUT2D eigenvalue weighted by Crippen LogP contribution is -1.92. The van der Waals surface area contributed by atoms with Crippen LogP contribution in [0, 0.1) is 13.8 Å². The number of benzene rings is 3. The van der Waals surface area contributed by atoms with Gasteiger partial charge < -0.3 is 9.15 Å². The van der Waals surface area contributed by atoms with Gasteiger partial charge in [-0.15, -0.1) is 0 Å². The summed E-state index contributed by atoms with van der Waals surface area (Å²) in [4.78, 5) is 4.93. The maximum atomic E-state index is 6.11. The zero-order valence-electron chi connectivity index (χ0n) is 15.8. The number of fused-ring (bicyclic) bond motifs is 2. The molecule has 0 aliphatic carbocycles. The lowest BCUT2D eigenvalue weighted by atomic mass is 10.1. The highest BCUT2D eigenvalue weighted by atomic mass is 16.5. The van der Waals surface area contributed by atoms with Crippen LogP contribution in [0.3, 0.4) is 0 Å². The quantitative estimate of drug-likeness (QED) is 0.343. The SMILES string of the molecule is Cc1c(-c2ccc3c(Oc4ccccc4)ccc(C)c3n2)oc2ccccc12. The van der Waals surface area contributed by atoms with E-state index in [0.29, 0.717) is 0 Å². The topological polar surface area (TPSA) is 35.3 Å². The summed E-state index contributed by atoms with van der Waals surface area (Å²) in [6.07, 6.45) is 0. The average Bonchev–Trinajstić information content (AvgIpc) is 3.08. The van der Waals surface area contributed by atoms with Crippen LogP contribution in [0.1, 0.15) is 11.1 Å². The number of hydrogen-bond acceptors (Lipinski definition) is 3. The summed E-state index contributed by atoms with van der Waals surface area (Å²) in [5, 5.41) is 2.11. The molecule has 3 heteroatoms. The van der Waals surface area contributed by atoms with Crippen molar-refractivity contribution in [3.63, 3.8) is 0 Å². The Labute approximate surface area is 163 Å². The molecule has 5 aromatic rings. The van der Waals surface area contributed by atoms with E-state index < -0.39 is 0 Å². The van der Waals surface area contributed by atoms with Crippen molar-refractivity contribution >= 4 is 21.9 Å². The fourth-order valence-electron chi connectivity index (χ4n) is 3.58. The van der Waals surface area contributed by atoms with E-state index in [4.69, 9.17) is 14.1 Å². The monoisotopic (exact) mass is 365 g/mol. The molecule has 3 aromatic carbocycles. The van der Waals surface area contributed by atoms with Crippen molar-refractivity contribution in [3.8, 4) is 23.0 Å². The first-order valence-corrected chi connectivity index (χ1v) is 9.32. The standard InChI is InChI=1S/C25H19NO2/c1-16-12-15-23(27-18-8-4-3-5-9-18)20-13-14-21(26-24(16)20)25-17(2)19-10-6-7-11-22(19)28-25/h3-15H,1-2H3. The Bertz CT molecular complexity index is 1300. The van der Waals surface area contributed by atoms with E-state index in [1.807, 2.05) is 66.7 Å². The van der Waals surface area contributed by atoms with Gasteiger partial charge in [-0.25, -0.2) is 4.98 Å². The molecule has 2 aromatic heterocycles. The third kappa shape index (κ3) is 2.72. The molecule has 0 aliphatic rings. The Morgan fingerprint density at radius 3 is 2.36 bits per heavy atom. The maximum absolute atomic E-state index is 6.11. The van der Waals surface area contributed by atoms with Crippen LogP contribution < -0.4 is 4.74 Å². The Morgan fingerprint density at radius 2 is 1.54 bits per heavy atom. The van der Waals surface area contributed by atoms with Crippen molar-refractivity contribution in [2.45, 2.75) is 13.8 Å². The molecule has 0 bridgehead atoms. The van der Waals surface area contributed by atoms with E-state index in [0.717, 1.165) is 56.0 Å². The third-order valence-electron chi connectivity index (χ3n) is 5.07. The Kier molecular flexibility index (Phi) is 3.87. The van der Waals surface area contributed by atoms with Crippen molar-refractivity contribution < 1.29 is 9.15 Å². The van der Waals surface area contributed by atoms with Gasteiger partial charge >= 0.3 is 0 Å². The van der Waals surface area contributed by atoms with E-state index in [9.17, 15) is 0 Å². The number of para-hydroxylation sites is 2. The van der Waals surface area contributed by atoms with Crippen molar-refractivity contribution in [3.05, 3.63) is 90.0 Å². The number of hydrogen-bond donors (Lipinski definition) is 0. The number of rotatable bonds is 3. The van der Waals surface area contributed by atoms with Crippen molar-refractivity contribution in [1.29, 1.82) is 0 Å². The van der Waals surface area contributed by atoms with E-state index in [1.165, 1.54) is 0 Å². The fraction of sp³-hybridized carbons (Fsp3) is 0.0800. The number of aromatic nitrogens is 1. The molecule has 3 nitrogen and oxygen atoms in total. The van der Waals surface area contributed by atoms with Crippen LogP contribution in [0.25, 0.3) is 33.3 Å². The minimum absolute atomic E-state index is 0.798. The summed E-state index contributed by atoms with van der Waals surface area (Å²) in [5.41, 5.74) is 4.85. The first-order valence-electron chi connectivity index (χ1n) is 9.32. The van der Waals surface area contributed by atoms with Gasteiger partial charge in [0.25, 0.3) is 0 Å².